The first-order valence-corrected chi connectivity index (χ1v) is 16.2. The second-order valence-electron chi connectivity index (χ2n) is 12.2. The van der Waals surface area contributed by atoms with Gasteiger partial charge in [-0.05, 0) is 87.5 Å². The Morgan fingerprint density at radius 1 is 0.787 bits per heavy atom. The average Bonchev–Trinajstić information content (AvgIpc) is 3.07. The predicted molar refractivity (Wildman–Crippen MR) is 166 cm³/mol. The molecule has 0 spiro atoms. The fourth-order valence-corrected chi connectivity index (χ4v) is 6.64. The zero-order valence-electron chi connectivity index (χ0n) is 26.4. The van der Waals surface area contributed by atoms with Crippen LogP contribution in [0.25, 0.3) is 16.7 Å². The van der Waals surface area contributed by atoms with E-state index >= 15 is 8.78 Å². The van der Waals surface area contributed by atoms with E-state index in [2.05, 4.69) is 0 Å². The molecular formula is C37H38F6O4. The van der Waals surface area contributed by atoms with Crippen LogP contribution in [0.3, 0.4) is 0 Å². The third-order valence-electron chi connectivity index (χ3n) is 9.27. The van der Waals surface area contributed by atoms with Gasteiger partial charge in [0.15, 0.2) is 34.8 Å². The highest BCUT2D eigenvalue weighted by molar-refractivity contribution is 5.76. The van der Waals surface area contributed by atoms with Gasteiger partial charge in [-0.1, -0.05) is 43.7 Å². The fraction of sp³-hybridized carbons (Fsp3) is 0.432. The summed E-state index contributed by atoms with van der Waals surface area (Å²) in [5.74, 6) is -8.55. The highest BCUT2D eigenvalue weighted by atomic mass is 19.2. The highest BCUT2D eigenvalue weighted by Gasteiger charge is 2.32. The summed E-state index contributed by atoms with van der Waals surface area (Å²) in [6.45, 7) is 3.57. The normalized spacial score (nSPS) is 20.4. The Hall–Kier alpha value is -3.79. The minimum atomic E-state index is -1.33. The number of rotatable bonds is 10. The number of hydrogen-bond acceptors (Lipinski definition) is 4. The Morgan fingerprint density at radius 2 is 1.43 bits per heavy atom. The minimum absolute atomic E-state index is 0.0680. The maximum Gasteiger partial charge on any atom is 0.309 e. The Balaban J connectivity index is 1.17. The van der Waals surface area contributed by atoms with Crippen molar-refractivity contribution in [3.05, 3.63) is 94.1 Å². The Kier molecular flexibility index (Phi) is 11.0. The van der Waals surface area contributed by atoms with Gasteiger partial charge in [0.1, 0.15) is 6.10 Å². The molecule has 47 heavy (non-hydrogen) atoms. The number of carbonyl (C=O) groups excluding carboxylic acids is 1. The number of aliphatic hydroxyl groups is 1. The number of ether oxygens (including phenoxy) is 2. The number of aliphatic hydroxyl groups excluding tert-OH is 1. The largest absolute Gasteiger partial charge is 0.491 e. The molecule has 2 aliphatic carbocycles. The van der Waals surface area contributed by atoms with E-state index in [9.17, 15) is 27.5 Å². The molecule has 2 aliphatic rings. The van der Waals surface area contributed by atoms with Crippen molar-refractivity contribution in [2.45, 2.75) is 89.8 Å². The molecule has 0 bridgehead atoms. The van der Waals surface area contributed by atoms with Crippen molar-refractivity contribution in [3.8, 4) is 16.9 Å². The Bertz CT molecular complexity index is 1650. The SMILES string of the molecule is CCCC(O)c1ccc(C2=CCC(C(=O)OC3CCC(c4ccc(-c5ccc(OCC)c(F)c5F)c(F)c4F)CC3)CC2)c(F)c1F. The van der Waals surface area contributed by atoms with Gasteiger partial charge in [0, 0.05) is 22.3 Å². The van der Waals surface area contributed by atoms with Gasteiger partial charge in [0.2, 0.25) is 5.82 Å². The highest BCUT2D eigenvalue weighted by Crippen LogP contribution is 2.40. The number of benzene rings is 3. The van der Waals surface area contributed by atoms with Crippen LogP contribution < -0.4 is 4.74 Å². The molecule has 1 fully saturated rings. The maximum absolute atomic E-state index is 15.2. The molecule has 3 aromatic rings. The number of esters is 1. The van der Waals surface area contributed by atoms with Gasteiger partial charge >= 0.3 is 5.97 Å². The first-order chi connectivity index (χ1) is 22.5. The van der Waals surface area contributed by atoms with Gasteiger partial charge < -0.3 is 14.6 Å². The van der Waals surface area contributed by atoms with Gasteiger partial charge in [-0.15, -0.1) is 0 Å². The zero-order valence-corrected chi connectivity index (χ0v) is 26.4. The van der Waals surface area contributed by atoms with Crippen molar-refractivity contribution in [2.24, 2.45) is 5.92 Å². The first kappa shape index (κ1) is 34.5. The van der Waals surface area contributed by atoms with Crippen LogP contribution in [-0.2, 0) is 9.53 Å². The van der Waals surface area contributed by atoms with Crippen LogP contribution in [-0.4, -0.2) is 23.8 Å². The van der Waals surface area contributed by atoms with Gasteiger partial charge in [-0.2, -0.15) is 4.39 Å². The monoisotopic (exact) mass is 660 g/mol. The fourth-order valence-electron chi connectivity index (χ4n) is 6.64. The number of allylic oxidation sites excluding steroid dienone is 2. The predicted octanol–water partition coefficient (Wildman–Crippen LogP) is 9.87. The second kappa shape index (κ2) is 15.0. The number of hydrogen-bond donors (Lipinski definition) is 1. The molecular weight excluding hydrogens is 622 g/mol. The third kappa shape index (κ3) is 7.22. The molecule has 3 aromatic carbocycles. The summed E-state index contributed by atoms with van der Waals surface area (Å²) < 4.78 is 99.8. The maximum atomic E-state index is 15.2. The van der Waals surface area contributed by atoms with Crippen LogP contribution in [0, 0.1) is 40.8 Å². The summed E-state index contributed by atoms with van der Waals surface area (Å²) >= 11 is 0. The van der Waals surface area contributed by atoms with E-state index in [1.807, 2.05) is 6.92 Å². The van der Waals surface area contributed by atoms with Crippen LogP contribution in [0.2, 0.25) is 0 Å². The second-order valence-corrected chi connectivity index (χ2v) is 12.2. The van der Waals surface area contributed by atoms with Gasteiger partial charge in [-0.3, -0.25) is 4.79 Å². The summed E-state index contributed by atoms with van der Waals surface area (Å²) in [5, 5.41) is 10.1. The molecule has 0 heterocycles. The molecule has 2 atom stereocenters. The molecule has 0 saturated heterocycles. The van der Waals surface area contributed by atoms with Crippen molar-refractivity contribution in [1.82, 2.24) is 0 Å². The standard InChI is InChI=1S/C37H38F6O4/c1-3-5-29(44)28-17-15-25(32(39)35(28)42)20-6-8-22(9-7-20)37(45)47-23-12-10-21(11-13-23)24-14-16-26(33(40)31(24)38)27-18-19-30(46-4-2)36(43)34(27)41/h6,14-19,21-23,29,44H,3-5,7-13H2,1-2H3. The molecule has 2 unspecified atom stereocenters. The van der Waals surface area contributed by atoms with Crippen LogP contribution in [0.15, 0.2) is 42.5 Å². The van der Waals surface area contributed by atoms with E-state index in [-0.39, 0.29) is 40.9 Å². The lowest BCUT2D eigenvalue weighted by molar-refractivity contribution is -0.156. The van der Waals surface area contributed by atoms with E-state index in [0.717, 1.165) is 6.07 Å². The van der Waals surface area contributed by atoms with Gasteiger partial charge in [0.25, 0.3) is 0 Å². The molecule has 0 aliphatic heterocycles. The average molecular weight is 661 g/mol. The van der Waals surface area contributed by atoms with Gasteiger partial charge in [0.05, 0.1) is 18.6 Å². The van der Waals surface area contributed by atoms with Crippen LogP contribution in [0.4, 0.5) is 26.3 Å². The van der Waals surface area contributed by atoms with Crippen molar-refractivity contribution in [3.63, 3.8) is 0 Å². The van der Waals surface area contributed by atoms with Crippen LogP contribution in [0.5, 0.6) is 5.75 Å². The van der Waals surface area contributed by atoms with E-state index in [0.29, 0.717) is 63.4 Å². The van der Waals surface area contributed by atoms with Gasteiger partial charge in [-0.25, -0.2) is 22.0 Å². The summed E-state index contributed by atoms with van der Waals surface area (Å²) in [6.07, 6.45) is 4.00. The van der Waals surface area contributed by atoms with E-state index in [4.69, 9.17) is 9.47 Å². The topological polar surface area (TPSA) is 55.8 Å². The van der Waals surface area contributed by atoms with E-state index in [1.165, 1.54) is 30.3 Å². The lowest BCUT2D eigenvalue weighted by atomic mass is 9.81. The molecule has 252 valence electrons. The molecule has 0 radical (unpaired) electrons. The molecule has 10 heteroatoms. The van der Waals surface area contributed by atoms with E-state index < -0.39 is 64.2 Å². The molecule has 5 rings (SSSR count). The quantitative estimate of drug-likeness (QED) is 0.174. The molecule has 1 saturated carbocycles. The zero-order chi connectivity index (χ0) is 33.8. The molecule has 4 nitrogen and oxygen atoms in total. The Morgan fingerprint density at radius 3 is 2.06 bits per heavy atom. The molecule has 0 amide bonds. The van der Waals surface area contributed by atoms with Crippen molar-refractivity contribution in [1.29, 1.82) is 0 Å². The third-order valence-corrected chi connectivity index (χ3v) is 9.27. The lowest BCUT2D eigenvalue weighted by Crippen LogP contribution is -2.28. The summed E-state index contributed by atoms with van der Waals surface area (Å²) in [6, 6.07) is 7.83. The summed E-state index contributed by atoms with van der Waals surface area (Å²) in [4.78, 5) is 13.0. The summed E-state index contributed by atoms with van der Waals surface area (Å²) in [5.41, 5.74) is -0.0296. The van der Waals surface area contributed by atoms with Crippen LogP contribution in [0.1, 0.15) is 100 Å². The minimum Gasteiger partial charge on any atom is -0.491 e. The lowest BCUT2D eigenvalue weighted by Gasteiger charge is -2.30. The summed E-state index contributed by atoms with van der Waals surface area (Å²) in [7, 11) is 0. The molecule has 0 aromatic heterocycles. The Labute approximate surface area is 270 Å². The smallest absolute Gasteiger partial charge is 0.309 e. The van der Waals surface area contributed by atoms with Crippen molar-refractivity contribution in [2.75, 3.05) is 6.61 Å². The van der Waals surface area contributed by atoms with E-state index in [1.54, 1.807) is 13.0 Å². The van der Waals surface area contributed by atoms with Crippen molar-refractivity contribution >= 4 is 11.5 Å². The number of halogens is 6. The van der Waals surface area contributed by atoms with Crippen LogP contribution >= 0.6 is 0 Å². The molecule has 1 N–H and O–H groups in total. The first-order valence-electron chi connectivity index (χ1n) is 16.2. The van der Waals surface area contributed by atoms with Crippen molar-refractivity contribution < 1.29 is 45.7 Å². The number of carbonyl (C=O) groups is 1.